The molecule has 2 N–H and O–H groups in total. The Bertz CT molecular complexity index is 475. The zero-order valence-electron chi connectivity index (χ0n) is 6.61. The van der Waals surface area contributed by atoms with Gasteiger partial charge in [0.1, 0.15) is 0 Å². The van der Waals surface area contributed by atoms with Gasteiger partial charge in [-0.25, -0.2) is 4.79 Å². The zero-order chi connectivity index (χ0) is 9.42. The van der Waals surface area contributed by atoms with Crippen LogP contribution in [0.5, 0.6) is 0 Å². The Hall–Kier alpha value is -1.42. The first-order chi connectivity index (χ1) is 6.16. The van der Waals surface area contributed by atoms with Crippen LogP contribution in [0.3, 0.4) is 0 Å². The van der Waals surface area contributed by atoms with E-state index in [2.05, 4.69) is 17.6 Å². The van der Waals surface area contributed by atoms with Gasteiger partial charge in [-0.15, -0.1) is 12.6 Å². The summed E-state index contributed by atoms with van der Waals surface area (Å²) in [5, 5.41) is 10.3. The second-order valence-electron chi connectivity index (χ2n) is 2.76. The van der Waals surface area contributed by atoms with Gasteiger partial charge in [-0.1, -0.05) is 0 Å². The van der Waals surface area contributed by atoms with Crippen molar-refractivity contribution in [2.24, 2.45) is 0 Å². The van der Waals surface area contributed by atoms with E-state index < -0.39 is 5.97 Å². The van der Waals surface area contributed by atoms with Crippen molar-refractivity contribution in [2.45, 2.75) is 5.03 Å². The molecule has 0 radical (unpaired) electrons. The van der Waals surface area contributed by atoms with Gasteiger partial charge in [0, 0.05) is 10.9 Å². The molecule has 0 saturated heterocycles. The number of thiol groups is 1. The molecular weight excluding hydrogens is 186 g/mol. The predicted molar refractivity (Wildman–Crippen MR) is 52.5 cm³/mol. The summed E-state index contributed by atoms with van der Waals surface area (Å²) in [5.74, 6) is -0.913. The molecule has 1 aromatic carbocycles. The number of carboxylic acid groups (broad SMARTS) is 1. The maximum absolute atomic E-state index is 10.6. The Labute approximate surface area is 79.8 Å². The highest BCUT2D eigenvalue weighted by atomic mass is 32.1. The Morgan fingerprint density at radius 2 is 2.15 bits per heavy atom. The molecule has 0 fully saturated rings. The van der Waals surface area contributed by atoms with Crippen molar-refractivity contribution in [3.63, 3.8) is 0 Å². The van der Waals surface area contributed by atoms with Gasteiger partial charge < -0.3 is 10.1 Å². The van der Waals surface area contributed by atoms with Crippen molar-refractivity contribution in [3.8, 4) is 0 Å². The first-order valence-corrected chi connectivity index (χ1v) is 4.16. The fourth-order valence-electron chi connectivity index (χ4n) is 1.25. The standard InChI is InChI=1S/C9H7NO2S/c11-9(12)5-1-2-7-6(3-5)4-8(13)10-7/h1-4,10,13H,(H,11,12). The minimum atomic E-state index is -0.913. The molecule has 0 aliphatic rings. The van der Waals surface area contributed by atoms with Crippen LogP contribution in [-0.4, -0.2) is 16.1 Å². The number of carboxylic acids is 1. The highest BCUT2D eigenvalue weighted by Crippen LogP contribution is 2.18. The number of nitrogens with one attached hydrogen (secondary N) is 1. The second-order valence-corrected chi connectivity index (χ2v) is 3.24. The molecular formula is C9H7NO2S. The van der Waals surface area contributed by atoms with E-state index in [9.17, 15) is 4.79 Å². The normalized spacial score (nSPS) is 10.5. The number of benzene rings is 1. The lowest BCUT2D eigenvalue weighted by molar-refractivity contribution is 0.0697. The molecule has 2 rings (SSSR count). The van der Waals surface area contributed by atoms with E-state index in [0.717, 1.165) is 15.9 Å². The smallest absolute Gasteiger partial charge is 0.335 e. The van der Waals surface area contributed by atoms with Crippen molar-refractivity contribution in [2.75, 3.05) is 0 Å². The lowest BCUT2D eigenvalue weighted by atomic mass is 10.1. The van der Waals surface area contributed by atoms with Gasteiger partial charge in [0.15, 0.2) is 0 Å². The number of hydrogen-bond donors (Lipinski definition) is 3. The van der Waals surface area contributed by atoms with E-state index in [4.69, 9.17) is 5.11 Å². The molecule has 0 spiro atoms. The predicted octanol–water partition coefficient (Wildman–Crippen LogP) is 2.15. The molecule has 66 valence electrons. The summed E-state index contributed by atoms with van der Waals surface area (Å²) < 4.78 is 0. The number of aromatic nitrogens is 1. The molecule has 0 saturated carbocycles. The molecule has 2 aromatic rings. The third-order valence-electron chi connectivity index (χ3n) is 1.85. The van der Waals surface area contributed by atoms with Gasteiger partial charge in [0.05, 0.1) is 10.6 Å². The molecule has 4 heteroatoms. The van der Waals surface area contributed by atoms with Crippen molar-refractivity contribution in [1.29, 1.82) is 0 Å². The molecule has 0 aliphatic carbocycles. The van der Waals surface area contributed by atoms with Crippen LogP contribution < -0.4 is 0 Å². The Morgan fingerprint density at radius 1 is 1.38 bits per heavy atom. The maximum atomic E-state index is 10.6. The molecule has 0 amide bonds. The lowest BCUT2D eigenvalue weighted by Crippen LogP contribution is -1.94. The number of hydrogen-bond acceptors (Lipinski definition) is 2. The molecule has 1 heterocycles. The van der Waals surface area contributed by atoms with Gasteiger partial charge in [-0.3, -0.25) is 0 Å². The summed E-state index contributed by atoms with van der Waals surface area (Å²) in [7, 11) is 0. The Morgan fingerprint density at radius 3 is 2.85 bits per heavy atom. The minimum Gasteiger partial charge on any atom is -0.478 e. The zero-order valence-corrected chi connectivity index (χ0v) is 7.51. The topological polar surface area (TPSA) is 53.1 Å². The average Bonchev–Trinajstić information content (AvgIpc) is 2.42. The van der Waals surface area contributed by atoms with Gasteiger partial charge in [-0.05, 0) is 24.3 Å². The van der Waals surface area contributed by atoms with Crippen LogP contribution in [0.15, 0.2) is 29.3 Å². The molecule has 0 atom stereocenters. The monoisotopic (exact) mass is 193 g/mol. The van der Waals surface area contributed by atoms with E-state index in [0.29, 0.717) is 5.56 Å². The van der Waals surface area contributed by atoms with Crippen LogP contribution in [0.1, 0.15) is 10.4 Å². The fraction of sp³-hybridized carbons (Fsp3) is 0. The molecule has 0 unspecified atom stereocenters. The number of H-pyrrole nitrogens is 1. The van der Waals surface area contributed by atoms with Crippen LogP contribution in [0.2, 0.25) is 0 Å². The van der Waals surface area contributed by atoms with Crippen LogP contribution in [0.4, 0.5) is 0 Å². The first-order valence-electron chi connectivity index (χ1n) is 3.72. The number of fused-ring (bicyclic) bond motifs is 1. The summed E-state index contributed by atoms with van der Waals surface area (Å²) in [5.41, 5.74) is 1.19. The molecule has 3 nitrogen and oxygen atoms in total. The van der Waals surface area contributed by atoms with Crippen LogP contribution in [0.25, 0.3) is 10.9 Å². The van der Waals surface area contributed by atoms with Crippen LogP contribution in [0, 0.1) is 0 Å². The van der Waals surface area contributed by atoms with Crippen LogP contribution >= 0.6 is 12.6 Å². The van der Waals surface area contributed by atoms with Crippen molar-refractivity contribution < 1.29 is 9.90 Å². The number of aromatic amines is 1. The summed E-state index contributed by atoms with van der Waals surface area (Å²) >= 11 is 4.13. The van der Waals surface area contributed by atoms with Crippen LogP contribution in [-0.2, 0) is 0 Å². The molecule has 0 aliphatic heterocycles. The highest BCUT2D eigenvalue weighted by Gasteiger charge is 2.04. The highest BCUT2D eigenvalue weighted by molar-refractivity contribution is 7.80. The summed E-state index contributed by atoms with van der Waals surface area (Å²) in [6.07, 6.45) is 0. The lowest BCUT2D eigenvalue weighted by Gasteiger charge is -1.93. The minimum absolute atomic E-state index is 0.292. The molecule has 0 bridgehead atoms. The number of aromatic carboxylic acids is 1. The van der Waals surface area contributed by atoms with Gasteiger partial charge >= 0.3 is 5.97 Å². The average molecular weight is 193 g/mol. The number of rotatable bonds is 1. The van der Waals surface area contributed by atoms with E-state index in [1.54, 1.807) is 24.3 Å². The fourth-order valence-corrected chi connectivity index (χ4v) is 1.51. The first kappa shape index (κ1) is 8.19. The van der Waals surface area contributed by atoms with E-state index >= 15 is 0 Å². The maximum Gasteiger partial charge on any atom is 0.335 e. The van der Waals surface area contributed by atoms with Crippen molar-refractivity contribution in [3.05, 3.63) is 29.8 Å². The Balaban J connectivity index is 2.67. The summed E-state index contributed by atoms with van der Waals surface area (Å²) in [6, 6.07) is 6.71. The van der Waals surface area contributed by atoms with Gasteiger partial charge in [0.2, 0.25) is 0 Å². The van der Waals surface area contributed by atoms with E-state index in [1.807, 2.05) is 0 Å². The largest absolute Gasteiger partial charge is 0.478 e. The molecule has 1 aromatic heterocycles. The quantitative estimate of drug-likeness (QED) is 0.608. The van der Waals surface area contributed by atoms with Gasteiger partial charge in [0.25, 0.3) is 0 Å². The summed E-state index contributed by atoms with van der Waals surface area (Å²) in [4.78, 5) is 13.6. The molecule has 13 heavy (non-hydrogen) atoms. The van der Waals surface area contributed by atoms with Gasteiger partial charge in [-0.2, -0.15) is 0 Å². The number of carbonyl (C=O) groups is 1. The Kier molecular flexibility index (Phi) is 1.77. The van der Waals surface area contributed by atoms with Crippen molar-refractivity contribution >= 4 is 29.5 Å². The second kappa shape index (κ2) is 2.81. The third kappa shape index (κ3) is 1.40. The van der Waals surface area contributed by atoms with Crippen molar-refractivity contribution in [1.82, 2.24) is 4.98 Å². The third-order valence-corrected chi connectivity index (χ3v) is 2.09. The van der Waals surface area contributed by atoms with E-state index in [-0.39, 0.29) is 0 Å². The summed E-state index contributed by atoms with van der Waals surface area (Å²) in [6.45, 7) is 0. The SMILES string of the molecule is O=C(O)c1ccc2[nH]c(S)cc2c1. The van der Waals surface area contributed by atoms with E-state index in [1.165, 1.54) is 0 Å².